The largest absolute Gasteiger partial charge is 0.489 e. The highest BCUT2D eigenvalue weighted by Gasteiger charge is 2.20. The van der Waals surface area contributed by atoms with E-state index in [0.717, 1.165) is 31.8 Å². The van der Waals surface area contributed by atoms with Crippen molar-refractivity contribution >= 4 is 6.03 Å². The van der Waals surface area contributed by atoms with Crippen LogP contribution in [0.5, 0.6) is 5.75 Å². The number of benzene rings is 2. The molecule has 0 aromatic heterocycles. The second-order valence-corrected chi connectivity index (χ2v) is 6.40. The van der Waals surface area contributed by atoms with Crippen molar-refractivity contribution in [3.05, 3.63) is 65.7 Å². The summed E-state index contributed by atoms with van der Waals surface area (Å²) in [7, 11) is 0. The normalized spacial score (nSPS) is 14.8. The number of halogens is 2. The lowest BCUT2D eigenvalue weighted by Gasteiger charge is -2.34. The number of carbonyl (C=O) groups excluding carboxylic acids is 1. The van der Waals surface area contributed by atoms with Gasteiger partial charge < -0.3 is 15.0 Å². The van der Waals surface area contributed by atoms with Crippen molar-refractivity contribution < 1.29 is 18.3 Å². The fraction of sp³-hybridized carbons (Fsp3) is 0.350. The van der Waals surface area contributed by atoms with E-state index < -0.39 is 11.6 Å². The molecule has 0 unspecified atom stereocenters. The van der Waals surface area contributed by atoms with E-state index in [2.05, 4.69) is 22.3 Å². The number of hydrogen-bond donors (Lipinski definition) is 1. The van der Waals surface area contributed by atoms with Crippen LogP contribution in [0.25, 0.3) is 0 Å². The minimum Gasteiger partial charge on any atom is -0.489 e. The minimum atomic E-state index is -0.754. The molecule has 1 fully saturated rings. The van der Waals surface area contributed by atoms with Crippen molar-refractivity contribution in [3.8, 4) is 5.75 Å². The molecule has 7 heteroatoms. The van der Waals surface area contributed by atoms with Gasteiger partial charge in [0.15, 0.2) is 11.6 Å². The van der Waals surface area contributed by atoms with Crippen LogP contribution in [0.3, 0.4) is 0 Å². The zero-order valence-corrected chi connectivity index (χ0v) is 15.0. The number of nitrogens with zero attached hydrogens (tertiary/aromatic N) is 2. The van der Waals surface area contributed by atoms with E-state index in [1.807, 2.05) is 18.2 Å². The van der Waals surface area contributed by atoms with E-state index in [0.29, 0.717) is 13.1 Å². The highest BCUT2D eigenvalue weighted by atomic mass is 19.1. The summed E-state index contributed by atoms with van der Waals surface area (Å²) in [6.45, 7) is 4.20. The number of rotatable bonds is 6. The smallest absolute Gasteiger partial charge is 0.317 e. The van der Waals surface area contributed by atoms with Gasteiger partial charge in [0.05, 0.1) is 6.54 Å². The number of piperazine rings is 1. The van der Waals surface area contributed by atoms with Gasteiger partial charge in [-0.15, -0.1) is 0 Å². The van der Waals surface area contributed by atoms with Crippen LogP contribution in [0.4, 0.5) is 13.6 Å². The molecule has 2 aromatic carbocycles. The summed E-state index contributed by atoms with van der Waals surface area (Å²) in [6.07, 6.45) is 0. The molecule has 1 aliphatic rings. The maximum atomic E-state index is 13.5. The third kappa shape index (κ3) is 5.65. The monoisotopic (exact) mass is 375 g/mol. The topological polar surface area (TPSA) is 44.8 Å². The van der Waals surface area contributed by atoms with Crippen molar-refractivity contribution in [2.75, 3.05) is 39.3 Å². The van der Waals surface area contributed by atoms with E-state index in [1.165, 1.54) is 11.6 Å². The predicted molar refractivity (Wildman–Crippen MR) is 98.5 cm³/mol. The Labute approximate surface area is 157 Å². The quantitative estimate of drug-likeness (QED) is 0.790. The van der Waals surface area contributed by atoms with Crippen molar-refractivity contribution in [2.45, 2.75) is 6.54 Å². The second kappa shape index (κ2) is 9.32. The molecule has 5 nitrogen and oxygen atoms in total. The molecule has 0 radical (unpaired) electrons. The molecular weight excluding hydrogens is 352 g/mol. The van der Waals surface area contributed by atoms with Crippen molar-refractivity contribution in [3.63, 3.8) is 0 Å². The van der Waals surface area contributed by atoms with Crippen LogP contribution < -0.4 is 10.1 Å². The average molecular weight is 375 g/mol. The third-order valence-corrected chi connectivity index (χ3v) is 4.44. The van der Waals surface area contributed by atoms with Gasteiger partial charge in [0, 0.05) is 38.8 Å². The van der Waals surface area contributed by atoms with E-state index >= 15 is 0 Å². The summed E-state index contributed by atoms with van der Waals surface area (Å²) in [5, 5.41) is 2.76. The fourth-order valence-corrected chi connectivity index (χ4v) is 2.97. The number of ether oxygens (including phenoxy) is 1. The van der Waals surface area contributed by atoms with Crippen LogP contribution in [-0.4, -0.2) is 55.2 Å². The molecule has 1 saturated heterocycles. The molecule has 1 aliphatic heterocycles. The molecule has 0 bridgehead atoms. The second-order valence-electron chi connectivity index (χ2n) is 6.40. The van der Waals surface area contributed by atoms with Crippen molar-refractivity contribution in [1.82, 2.24) is 15.1 Å². The highest BCUT2D eigenvalue weighted by molar-refractivity contribution is 5.74. The first kappa shape index (κ1) is 19.1. The molecule has 2 amide bonds. The summed E-state index contributed by atoms with van der Waals surface area (Å²) in [4.78, 5) is 16.3. The first-order valence-electron chi connectivity index (χ1n) is 8.99. The van der Waals surface area contributed by atoms with Crippen LogP contribution in [0, 0.1) is 11.6 Å². The number of hydrogen-bond acceptors (Lipinski definition) is 3. The lowest BCUT2D eigenvalue weighted by atomic mass is 10.2. The molecule has 0 atom stereocenters. The Morgan fingerprint density at radius 2 is 1.78 bits per heavy atom. The van der Waals surface area contributed by atoms with Gasteiger partial charge in [0.25, 0.3) is 0 Å². The highest BCUT2D eigenvalue weighted by Crippen LogP contribution is 2.17. The third-order valence-electron chi connectivity index (χ3n) is 4.44. The van der Waals surface area contributed by atoms with Gasteiger partial charge >= 0.3 is 6.03 Å². The minimum absolute atomic E-state index is 0.0276. The molecule has 0 aliphatic carbocycles. The number of urea groups is 1. The van der Waals surface area contributed by atoms with Crippen LogP contribution >= 0.6 is 0 Å². The predicted octanol–water partition coefficient (Wildman–Crippen LogP) is 2.87. The Morgan fingerprint density at radius 3 is 2.48 bits per heavy atom. The number of nitrogens with one attached hydrogen (secondary N) is 1. The first-order chi connectivity index (χ1) is 13.1. The maximum absolute atomic E-state index is 13.5. The van der Waals surface area contributed by atoms with E-state index in [4.69, 9.17) is 4.74 Å². The van der Waals surface area contributed by atoms with Gasteiger partial charge in [-0.3, -0.25) is 4.90 Å². The van der Waals surface area contributed by atoms with Gasteiger partial charge in [0.2, 0.25) is 0 Å². The zero-order chi connectivity index (χ0) is 19.1. The summed E-state index contributed by atoms with van der Waals surface area (Å²) in [5.74, 6) is -1.43. The average Bonchev–Trinajstić information content (AvgIpc) is 2.68. The number of carbonyl (C=O) groups is 1. The first-order valence-corrected chi connectivity index (χ1v) is 8.99. The van der Waals surface area contributed by atoms with Crippen LogP contribution in [-0.2, 0) is 6.54 Å². The van der Waals surface area contributed by atoms with E-state index in [-0.39, 0.29) is 24.9 Å². The van der Waals surface area contributed by atoms with Gasteiger partial charge in [-0.25, -0.2) is 13.6 Å². The standard InChI is InChI=1S/C20H23F2N3O2/c21-17-6-7-19(18(22)14-17)27-13-8-23-20(26)25-11-9-24(10-12-25)15-16-4-2-1-3-5-16/h1-7,14H,8-13,15H2,(H,23,26). The van der Waals surface area contributed by atoms with Crippen LogP contribution in [0.2, 0.25) is 0 Å². The van der Waals surface area contributed by atoms with Gasteiger partial charge in [-0.05, 0) is 17.7 Å². The van der Waals surface area contributed by atoms with Crippen LogP contribution in [0.1, 0.15) is 5.56 Å². The summed E-state index contributed by atoms with van der Waals surface area (Å²) in [6, 6.07) is 13.2. The maximum Gasteiger partial charge on any atom is 0.317 e. The summed E-state index contributed by atoms with van der Waals surface area (Å²) < 4.78 is 31.5. The molecule has 144 valence electrons. The van der Waals surface area contributed by atoms with Gasteiger partial charge in [-0.2, -0.15) is 0 Å². The van der Waals surface area contributed by atoms with E-state index in [1.54, 1.807) is 4.90 Å². The Balaban J connectivity index is 1.34. The Hall–Kier alpha value is -2.67. The zero-order valence-electron chi connectivity index (χ0n) is 15.0. The molecular formula is C20H23F2N3O2. The molecule has 0 saturated carbocycles. The number of amides is 2. The van der Waals surface area contributed by atoms with Crippen molar-refractivity contribution in [1.29, 1.82) is 0 Å². The molecule has 1 N–H and O–H groups in total. The van der Waals surface area contributed by atoms with Crippen molar-refractivity contribution in [2.24, 2.45) is 0 Å². The van der Waals surface area contributed by atoms with Crippen LogP contribution in [0.15, 0.2) is 48.5 Å². The van der Waals surface area contributed by atoms with Gasteiger partial charge in [-0.1, -0.05) is 30.3 Å². The molecule has 3 rings (SSSR count). The lowest BCUT2D eigenvalue weighted by molar-refractivity contribution is 0.134. The lowest BCUT2D eigenvalue weighted by Crippen LogP contribution is -2.51. The molecule has 2 aromatic rings. The molecule has 1 heterocycles. The Bertz CT molecular complexity index is 750. The molecule has 0 spiro atoms. The summed E-state index contributed by atoms with van der Waals surface area (Å²) in [5.41, 5.74) is 1.26. The SMILES string of the molecule is O=C(NCCOc1ccc(F)cc1F)N1CCN(Cc2ccccc2)CC1. The van der Waals surface area contributed by atoms with E-state index in [9.17, 15) is 13.6 Å². The Morgan fingerprint density at radius 1 is 1.04 bits per heavy atom. The Kier molecular flexibility index (Phi) is 6.59. The van der Waals surface area contributed by atoms with Gasteiger partial charge in [0.1, 0.15) is 12.4 Å². The summed E-state index contributed by atoms with van der Waals surface area (Å²) >= 11 is 0. The molecule has 27 heavy (non-hydrogen) atoms. The fourth-order valence-electron chi connectivity index (χ4n) is 2.97.